The van der Waals surface area contributed by atoms with E-state index in [9.17, 15) is 5.11 Å². The zero-order valence-corrected chi connectivity index (χ0v) is 12.3. The summed E-state index contributed by atoms with van der Waals surface area (Å²) in [6.45, 7) is 2.38. The van der Waals surface area contributed by atoms with Gasteiger partial charge in [0, 0.05) is 29.3 Å². The Kier molecular flexibility index (Phi) is 4.69. The number of halogens is 1. The van der Waals surface area contributed by atoms with Crippen LogP contribution in [0.1, 0.15) is 28.7 Å². The monoisotopic (exact) mass is 320 g/mol. The van der Waals surface area contributed by atoms with E-state index in [2.05, 4.69) is 20.9 Å². The van der Waals surface area contributed by atoms with E-state index in [1.165, 1.54) is 0 Å². The number of aromatic nitrogens is 1. The minimum Gasteiger partial charge on any atom is -0.388 e. The molecule has 0 fully saturated rings. The van der Waals surface area contributed by atoms with Gasteiger partial charge in [-0.1, -0.05) is 34.1 Å². The van der Waals surface area contributed by atoms with Crippen LogP contribution >= 0.6 is 15.9 Å². The molecule has 2 unspecified atom stereocenters. The van der Waals surface area contributed by atoms with Gasteiger partial charge < -0.3 is 10.8 Å². The number of nitrogens with zero attached hydrogens (tertiary/aromatic N) is 1. The molecule has 3 N–H and O–H groups in total. The number of aliphatic hydroxyl groups excluding tert-OH is 1. The van der Waals surface area contributed by atoms with Gasteiger partial charge in [0.15, 0.2) is 0 Å². The van der Waals surface area contributed by atoms with Crippen molar-refractivity contribution >= 4 is 15.9 Å². The molecular weight excluding hydrogens is 304 g/mol. The molecular formula is C15H17BrN2O. The summed E-state index contributed by atoms with van der Waals surface area (Å²) in [6, 6.07) is 9.66. The molecule has 0 aliphatic rings. The van der Waals surface area contributed by atoms with Crippen molar-refractivity contribution in [2.45, 2.75) is 18.9 Å². The van der Waals surface area contributed by atoms with Gasteiger partial charge in [-0.05, 0) is 35.7 Å². The highest BCUT2D eigenvalue weighted by Crippen LogP contribution is 2.35. The fraction of sp³-hybridized carbons (Fsp3) is 0.267. The van der Waals surface area contributed by atoms with Crippen LogP contribution in [-0.2, 0) is 0 Å². The molecule has 1 aromatic carbocycles. The van der Waals surface area contributed by atoms with Gasteiger partial charge >= 0.3 is 0 Å². The maximum atomic E-state index is 10.6. The van der Waals surface area contributed by atoms with Crippen LogP contribution in [0.4, 0.5) is 0 Å². The maximum absolute atomic E-state index is 10.6. The molecule has 0 radical (unpaired) electrons. The molecule has 0 spiro atoms. The molecule has 0 aliphatic heterocycles. The Morgan fingerprint density at radius 1 is 1.26 bits per heavy atom. The second-order valence-corrected chi connectivity index (χ2v) is 5.34. The minimum absolute atomic E-state index is 0.138. The molecule has 1 aromatic heterocycles. The van der Waals surface area contributed by atoms with Gasteiger partial charge in [0.25, 0.3) is 0 Å². The Balaban J connectivity index is 2.36. The van der Waals surface area contributed by atoms with Gasteiger partial charge in [0.2, 0.25) is 0 Å². The summed E-state index contributed by atoms with van der Waals surface area (Å²) in [5.41, 5.74) is 8.80. The molecule has 0 aliphatic carbocycles. The van der Waals surface area contributed by atoms with E-state index >= 15 is 0 Å². The first-order valence-electron chi connectivity index (χ1n) is 6.18. The second-order valence-electron chi connectivity index (χ2n) is 4.55. The average Bonchev–Trinajstić information content (AvgIpc) is 2.44. The third-order valence-corrected chi connectivity index (χ3v) is 4.39. The van der Waals surface area contributed by atoms with Crippen LogP contribution in [-0.4, -0.2) is 16.6 Å². The van der Waals surface area contributed by atoms with E-state index in [-0.39, 0.29) is 5.92 Å². The van der Waals surface area contributed by atoms with Gasteiger partial charge in [0.1, 0.15) is 0 Å². The normalized spacial score (nSPS) is 14.1. The summed E-state index contributed by atoms with van der Waals surface area (Å²) in [5, 5.41) is 10.6. The highest BCUT2D eigenvalue weighted by Gasteiger charge is 2.23. The van der Waals surface area contributed by atoms with Crippen molar-refractivity contribution in [3.63, 3.8) is 0 Å². The number of hydrogen-bond acceptors (Lipinski definition) is 3. The van der Waals surface area contributed by atoms with Crippen LogP contribution in [0, 0.1) is 6.92 Å². The Morgan fingerprint density at radius 3 is 2.58 bits per heavy atom. The fourth-order valence-corrected chi connectivity index (χ4v) is 2.67. The van der Waals surface area contributed by atoms with Crippen LogP contribution < -0.4 is 5.73 Å². The lowest BCUT2D eigenvalue weighted by atomic mass is 9.89. The van der Waals surface area contributed by atoms with E-state index in [0.29, 0.717) is 6.54 Å². The molecule has 0 saturated carbocycles. The third-order valence-electron chi connectivity index (χ3n) is 3.31. The van der Waals surface area contributed by atoms with Crippen molar-refractivity contribution in [2.24, 2.45) is 5.73 Å². The lowest BCUT2D eigenvalue weighted by Gasteiger charge is -2.23. The molecule has 0 saturated heterocycles. The van der Waals surface area contributed by atoms with Crippen molar-refractivity contribution in [1.29, 1.82) is 0 Å². The Labute approximate surface area is 121 Å². The largest absolute Gasteiger partial charge is 0.388 e. The Hall–Kier alpha value is -1.23. The summed E-state index contributed by atoms with van der Waals surface area (Å²) >= 11 is 3.54. The summed E-state index contributed by atoms with van der Waals surface area (Å²) in [4.78, 5) is 3.99. The van der Waals surface area contributed by atoms with Crippen LogP contribution in [0.5, 0.6) is 0 Å². The molecule has 4 heteroatoms. The van der Waals surface area contributed by atoms with E-state index in [4.69, 9.17) is 5.73 Å². The van der Waals surface area contributed by atoms with E-state index in [1.54, 1.807) is 12.4 Å². The molecule has 1 heterocycles. The fourth-order valence-electron chi connectivity index (χ4n) is 2.17. The van der Waals surface area contributed by atoms with Crippen LogP contribution in [0.3, 0.4) is 0 Å². The number of rotatable bonds is 4. The lowest BCUT2D eigenvalue weighted by Crippen LogP contribution is -2.20. The van der Waals surface area contributed by atoms with E-state index < -0.39 is 6.10 Å². The summed E-state index contributed by atoms with van der Waals surface area (Å²) in [6.07, 6.45) is 2.80. The van der Waals surface area contributed by atoms with E-state index in [0.717, 1.165) is 21.2 Å². The predicted molar refractivity (Wildman–Crippen MR) is 79.9 cm³/mol. The summed E-state index contributed by atoms with van der Waals surface area (Å²) in [7, 11) is 0. The quantitative estimate of drug-likeness (QED) is 0.910. The topological polar surface area (TPSA) is 59.1 Å². The van der Waals surface area contributed by atoms with Gasteiger partial charge in [-0.2, -0.15) is 0 Å². The molecule has 19 heavy (non-hydrogen) atoms. The van der Waals surface area contributed by atoms with Crippen LogP contribution in [0.25, 0.3) is 0 Å². The molecule has 2 rings (SSSR count). The highest BCUT2D eigenvalue weighted by molar-refractivity contribution is 9.10. The van der Waals surface area contributed by atoms with Crippen LogP contribution in [0.15, 0.2) is 47.2 Å². The Bertz CT molecular complexity index is 545. The number of aryl methyl sites for hydroxylation is 1. The van der Waals surface area contributed by atoms with Gasteiger partial charge in [-0.25, -0.2) is 0 Å². The number of nitrogens with two attached hydrogens (primary N) is 1. The Morgan fingerprint density at radius 2 is 1.95 bits per heavy atom. The molecule has 100 valence electrons. The second kappa shape index (κ2) is 6.28. The predicted octanol–water partition coefficient (Wildman–Crippen LogP) is 2.93. The van der Waals surface area contributed by atoms with E-state index in [1.807, 2.05) is 37.3 Å². The van der Waals surface area contributed by atoms with Gasteiger partial charge in [0.05, 0.1) is 6.10 Å². The number of benzene rings is 1. The van der Waals surface area contributed by atoms with Crippen molar-refractivity contribution in [1.82, 2.24) is 4.98 Å². The first-order chi connectivity index (χ1) is 9.15. The first kappa shape index (κ1) is 14.2. The third kappa shape index (κ3) is 3.03. The molecule has 2 aromatic rings. The number of pyridine rings is 1. The number of hydrogen-bond donors (Lipinski definition) is 2. The van der Waals surface area contributed by atoms with Crippen molar-refractivity contribution in [2.75, 3.05) is 6.54 Å². The smallest absolute Gasteiger partial charge is 0.0881 e. The summed E-state index contributed by atoms with van der Waals surface area (Å²) < 4.78 is 0.940. The van der Waals surface area contributed by atoms with Crippen molar-refractivity contribution < 1.29 is 5.11 Å². The molecule has 0 amide bonds. The first-order valence-corrected chi connectivity index (χ1v) is 6.97. The highest BCUT2D eigenvalue weighted by atomic mass is 79.9. The van der Waals surface area contributed by atoms with Crippen molar-refractivity contribution in [3.8, 4) is 0 Å². The molecule has 2 atom stereocenters. The van der Waals surface area contributed by atoms with Crippen molar-refractivity contribution in [3.05, 3.63) is 63.9 Å². The SMILES string of the molecule is Cc1cccc(C(O)C(CN)c2ccncc2)c1Br. The van der Waals surface area contributed by atoms with Crippen LogP contribution in [0.2, 0.25) is 0 Å². The lowest BCUT2D eigenvalue weighted by molar-refractivity contribution is 0.146. The standard InChI is InChI=1S/C15H17BrN2O/c1-10-3-2-4-12(14(10)16)15(19)13(9-17)11-5-7-18-8-6-11/h2-8,13,15,19H,9,17H2,1H3. The maximum Gasteiger partial charge on any atom is 0.0881 e. The average molecular weight is 321 g/mol. The zero-order valence-electron chi connectivity index (χ0n) is 10.8. The summed E-state index contributed by atoms with van der Waals surface area (Å²) in [5.74, 6) is -0.138. The molecule has 0 bridgehead atoms. The van der Waals surface area contributed by atoms with Gasteiger partial charge in [-0.15, -0.1) is 0 Å². The zero-order chi connectivity index (χ0) is 13.8. The molecule has 3 nitrogen and oxygen atoms in total. The van der Waals surface area contributed by atoms with Gasteiger partial charge in [-0.3, -0.25) is 4.98 Å². The minimum atomic E-state index is -0.637. The number of aliphatic hydroxyl groups is 1.